The second-order valence-corrected chi connectivity index (χ2v) is 4.96. The van der Waals surface area contributed by atoms with Crippen LogP contribution >= 0.6 is 0 Å². The van der Waals surface area contributed by atoms with Crippen molar-refractivity contribution in [3.05, 3.63) is 30.1 Å². The van der Waals surface area contributed by atoms with Crippen molar-refractivity contribution in [3.63, 3.8) is 0 Å². The number of ether oxygens (including phenoxy) is 2. The minimum Gasteiger partial charge on any atom is -0.376 e. The zero-order chi connectivity index (χ0) is 13.8. The summed E-state index contributed by atoms with van der Waals surface area (Å²) in [6, 6.07) is 8.26. The molecule has 3 rings (SSSR count). The van der Waals surface area contributed by atoms with Gasteiger partial charge in [-0.1, -0.05) is 12.1 Å². The minimum absolute atomic E-state index is 0.156. The van der Waals surface area contributed by atoms with Crippen molar-refractivity contribution < 1.29 is 9.47 Å². The Hall–Kier alpha value is -1.43. The Morgan fingerprint density at radius 1 is 1.35 bits per heavy atom. The summed E-state index contributed by atoms with van der Waals surface area (Å²) in [5.41, 5.74) is 2.26. The van der Waals surface area contributed by atoms with E-state index < -0.39 is 0 Å². The largest absolute Gasteiger partial charge is 0.376 e. The standard InChI is InChI=1S/C15H21N3O2/c1-2-18-14-6-4-3-5-13(14)17-15(18)10-16-9-12-11-19-7-8-20-12/h3-6,12,16H,2,7-11H2,1H3. The first kappa shape index (κ1) is 13.5. The molecule has 0 spiro atoms. The molecule has 0 aliphatic carbocycles. The average Bonchev–Trinajstić information content (AvgIpc) is 2.86. The van der Waals surface area contributed by atoms with E-state index in [1.807, 2.05) is 6.07 Å². The molecule has 5 heteroatoms. The highest BCUT2D eigenvalue weighted by molar-refractivity contribution is 5.75. The highest BCUT2D eigenvalue weighted by Crippen LogP contribution is 2.15. The summed E-state index contributed by atoms with van der Waals surface area (Å²) in [6.45, 7) is 6.71. The molecule has 2 aromatic rings. The number of nitrogens with zero attached hydrogens (tertiary/aromatic N) is 2. The third-order valence-electron chi connectivity index (χ3n) is 3.59. The molecule has 1 saturated heterocycles. The summed E-state index contributed by atoms with van der Waals surface area (Å²) in [7, 11) is 0. The van der Waals surface area contributed by atoms with Gasteiger partial charge < -0.3 is 19.4 Å². The molecule has 1 aliphatic heterocycles. The predicted octanol–water partition coefficient (Wildman–Crippen LogP) is 1.56. The highest BCUT2D eigenvalue weighted by atomic mass is 16.6. The van der Waals surface area contributed by atoms with Gasteiger partial charge >= 0.3 is 0 Å². The fraction of sp³-hybridized carbons (Fsp3) is 0.533. The Morgan fingerprint density at radius 3 is 3.05 bits per heavy atom. The lowest BCUT2D eigenvalue weighted by Gasteiger charge is -2.23. The quantitative estimate of drug-likeness (QED) is 0.899. The van der Waals surface area contributed by atoms with Crippen LogP contribution in [0.2, 0.25) is 0 Å². The van der Waals surface area contributed by atoms with Crippen molar-refractivity contribution in [2.24, 2.45) is 0 Å². The van der Waals surface area contributed by atoms with Crippen molar-refractivity contribution in [3.8, 4) is 0 Å². The van der Waals surface area contributed by atoms with E-state index in [-0.39, 0.29) is 6.10 Å². The van der Waals surface area contributed by atoms with Crippen LogP contribution in [0.4, 0.5) is 0 Å². The second kappa shape index (κ2) is 6.35. The van der Waals surface area contributed by atoms with Gasteiger partial charge in [-0.25, -0.2) is 4.98 Å². The van der Waals surface area contributed by atoms with Crippen molar-refractivity contribution >= 4 is 11.0 Å². The number of fused-ring (bicyclic) bond motifs is 1. The van der Waals surface area contributed by atoms with Crippen LogP contribution in [0.15, 0.2) is 24.3 Å². The lowest BCUT2D eigenvalue weighted by Crippen LogP contribution is -2.37. The van der Waals surface area contributed by atoms with Crippen LogP contribution < -0.4 is 5.32 Å². The predicted molar refractivity (Wildman–Crippen MR) is 77.7 cm³/mol. The number of nitrogens with one attached hydrogen (secondary N) is 1. The normalized spacial score (nSPS) is 19.6. The van der Waals surface area contributed by atoms with Crippen molar-refractivity contribution in [2.45, 2.75) is 26.1 Å². The van der Waals surface area contributed by atoms with Gasteiger partial charge in [0.25, 0.3) is 0 Å². The Balaban J connectivity index is 1.64. The fourth-order valence-corrected chi connectivity index (χ4v) is 2.61. The Bertz CT molecular complexity index is 561. The first-order chi connectivity index (χ1) is 9.88. The van der Waals surface area contributed by atoms with E-state index in [0.717, 1.165) is 31.0 Å². The summed E-state index contributed by atoms with van der Waals surface area (Å²) in [5, 5.41) is 3.42. The number of rotatable bonds is 5. The molecule has 1 atom stereocenters. The van der Waals surface area contributed by atoms with Gasteiger partial charge in [0.05, 0.1) is 43.5 Å². The van der Waals surface area contributed by atoms with E-state index in [2.05, 4.69) is 35.0 Å². The second-order valence-electron chi connectivity index (χ2n) is 4.96. The third kappa shape index (κ3) is 2.85. The van der Waals surface area contributed by atoms with Gasteiger partial charge in [-0.3, -0.25) is 0 Å². The third-order valence-corrected chi connectivity index (χ3v) is 3.59. The molecule has 1 aromatic heterocycles. The Morgan fingerprint density at radius 2 is 2.25 bits per heavy atom. The topological polar surface area (TPSA) is 48.3 Å². The molecule has 20 heavy (non-hydrogen) atoms. The molecule has 2 heterocycles. The molecule has 1 aromatic carbocycles. The van der Waals surface area contributed by atoms with Crippen LogP contribution in [0.3, 0.4) is 0 Å². The van der Waals surface area contributed by atoms with Crippen LogP contribution in [0.25, 0.3) is 11.0 Å². The van der Waals surface area contributed by atoms with Gasteiger partial charge in [-0.05, 0) is 19.1 Å². The SMILES string of the molecule is CCn1c(CNCC2COCCO2)nc2ccccc21. The van der Waals surface area contributed by atoms with E-state index in [1.54, 1.807) is 0 Å². The lowest BCUT2D eigenvalue weighted by atomic mass is 10.3. The van der Waals surface area contributed by atoms with E-state index >= 15 is 0 Å². The number of benzene rings is 1. The van der Waals surface area contributed by atoms with Crippen LogP contribution in [0.5, 0.6) is 0 Å². The first-order valence-corrected chi connectivity index (χ1v) is 7.22. The molecule has 5 nitrogen and oxygen atoms in total. The van der Waals surface area contributed by atoms with Crippen molar-refractivity contribution in [1.82, 2.24) is 14.9 Å². The minimum atomic E-state index is 0.156. The number of hydrogen-bond donors (Lipinski definition) is 1. The average molecular weight is 275 g/mol. The fourth-order valence-electron chi connectivity index (χ4n) is 2.61. The van der Waals surface area contributed by atoms with Crippen molar-refractivity contribution in [2.75, 3.05) is 26.4 Å². The smallest absolute Gasteiger partial charge is 0.123 e. The molecule has 1 N–H and O–H groups in total. The van der Waals surface area contributed by atoms with Crippen LogP contribution in [-0.2, 0) is 22.6 Å². The zero-order valence-electron chi connectivity index (χ0n) is 11.8. The maximum atomic E-state index is 5.62. The van der Waals surface area contributed by atoms with Gasteiger partial charge in [-0.2, -0.15) is 0 Å². The number of imidazole rings is 1. The van der Waals surface area contributed by atoms with Gasteiger partial charge in [0, 0.05) is 13.1 Å². The van der Waals surface area contributed by atoms with E-state index in [0.29, 0.717) is 19.8 Å². The van der Waals surface area contributed by atoms with E-state index in [9.17, 15) is 0 Å². The molecule has 108 valence electrons. The molecule has 1 unspecified atom stereocenters. The Kier molecular flexibility index (Phi) is 4.30. The monoisotopic (exact) mass is 275 g/mol. The number of aromatic nitrogens is 2. The van der Waals surface area contributed by atoms with Gasteiger partial charge in [0.1, 0.15) is 5.82 Å². The summed E-state index contributed by atoms with van der Waals surface area (Å²) in [6.07, 6.45) is 0.156. The summed E-state index contributed by atoms with van der Waals surface area (Å²) in [4.78, 5) is 4.69. The van der Waals surface area contributed by atoms with Crippen LogP contribution in [0.1, 0.15) is 12.7 Å². The zero-order valence-corrected chi connectivity index (χ0v) is 11.8. The number of aryl methyl sites for hydroxylation is 1. The maximum absolute atomic E-state index is 5.62. The molecule has 0 amide bonds. The van der Waals surface area contributed by atoms with Gasteiger partial charge in [0.15, 0.2) is 0 Å². The van der Waals surface area contributed by atoms with Crippen molar-refractivity contribution in [1.29, 1.82) is 0 Å². The van der Waals surface area contributed by atoms with Gasteiger partial charge in [0.2, 0.25) is 0 Å². The Labute approximate surface area is 118 Å². The molecule has 0 radical (unpaired) electrons. The molecular formula is C15H21N3O2. The molecular weight excluding hydrogens is 254 g/mol. The first-order valence-electron chi connectivity index (χ1n) is 7.22. The number of para-hydroxylation sites is 2. The molecule has 0 saturated carbocycles. The highest BCUT2D eigenvalue weighted by Gasteiger charge is 2.14. The molecule has 1 fully saturated rings. The van der Waals surface area contributed by atoms with Gasteiger partial charge in [-0.15, -0.1) is 0 Å². The molecule has 0 bridgehead atoms. The van der Waals surface area contributed by atoms with E-state index in [1.165, 1.54) is 5.52 Å². The molecule has 1 aliphatic rings. The van der Waals surface area contributed by atoms with Crippen LogP contribution in [0, 0.1) is 0 Å². The lowest BCUT2D eigenvalue weighted by molar-refractivity contribution is -0.0865. The summed E-state index contributed by atoms with van der Waals surface area (Å²) < 4.78 is 13.3. The number of hydrogen-bond acceptors (Lipinski definition) is 4. The summed E-state index contributed by atoms with van der Waals surface area (Å²) in [5.74, 6) is 1.07. The van der Waals surface area contributed by atoms with E-state index in [4.69, 9.17) is 14.5 Å². The maximum Gasteiger partial charge on any atom is 0.123 e. The van der Waals surface area contributed by atoms with Crippen LogP contribution in [-0.4, -0.2) is 42.0 Å². The summed E-state index contributed by atoms with van der Waals surface area (Å²) >= 11 is 0.